The van der Waals surface area contributed by atoms with Gasteiger partial charge < -0.3 is 10.6 Å². The highest BCUT2D eigenvalue weighted by Gasteiger charge is 2.37. The Morgan fingerprint density at radius 2 is 2.13 bits per heavy atom. The molecule has 0 spiro atoms. The molecule has 5 nitrogen and oxygen atoms in total. The van der Waals surface area contributed by atoms with Crippen molar-refractivity contribution in [2.75, 3.05) is 20.1 Å². The van der Waals surface area contributed by atoms with E-state index in [1.54, 1.807) is 0 Å². The molecular weight excluding hydrogens is 401 g/mol. The van der Waals surface area contributed by atoms with E-state index in [2.05, 4.69) is 47.7 Å². The van der Waals surface area contributed by atoms with Gasteiger partial charge in [-0.1, -0.05) is 20.3 Å². The normalized spacial score (nSPS) is 16.7. The second kappa shape index (κ2) is 9.49. The molecule has 0 bridgehead atoms. The van der Waals surface area contributed by atoms with E-state index in [9.17, 15) is 0 Å². The van der Waals surface area contributed by atoms with Gasteiger partial charge in [0.2, 0.25) is 0 Å². The van der Waals surface area contributed by atoms with Gasteiger partial charge in [0.1, 0.15) is 0 Å². The molecule has 0 radical (unpaired) electrons. The molecule has 0 atom stereocenters. The molecule has 1 heterocycles. The zero-order chi connectivity index (χ0) is 16.0. The summed E-state index contributed by atoms with van der Waals surface area (Å²) < 4.78 is 1.96. The molecule has 6 heteroatoms. The number of aliphatic imine (C=N–C) groups is 1. The van der Waals surface area contributed by atoms with Gasteiger partial charge in [-0.15, -0.1) is 24.0 Å². The van der Waals surface area contributed by atoms with Crippen LogP contribution in [0.15, 0.2) is 17.4 Å². The van der Waals surface area contributed by atoms with Crippen LogP contribution in [0.4, 0.5) is 0 Å². The van der Waals surface area contributed by atoms with E-state index in [4.69, 9.17) is 0 Å². The van der Waals surface area contributed by atoms with Crippen LogP contribution in [-0.4, -0.2) is 35.9 Å². The molecule has 0 saturated heterocycles. The van der Waals surface area contributed by atoms with E-state index in [1.165, 1.54) is 31.2 Å². The van der Waals surface area contributed by atoms with Crippen LogP contribution in [0.2, 0.25) is 0 Å². The van der Waals surface area contributed by atoms with E-state index in [-0.39, 0.29) is 24.0 Å². The molecule has 1 saturated carbocycles. The second-order valence-electron chi connectivity index (χ2n) is 7.08. The summed E-state index contributed by atoms with van der Waals surface area (Å²) in [7, 11) is 1.84. The molecule has 1 fully saturated rings. The molecule has 1 aromatic rings. The minimum absolute atomic E-state index is 0. The topological polar surface area (TPSA) is 54.2 Å². The summed E-state index contributed by atoms with van der Waals surface area (Å²) in [4.78, 5) is 4.33. The number of nitrogens with one attached hydrogen (secondary N) is 2. The van der Waals surface area contributed by atoms with E-state index in [1.807, 2.05) is 17.9 Å². The van der Waals surface area contributed by atoms with Crippen LogP contribution >= 0.6 is 24.0 Å². The van der Waals surface area contributed by atoms with Crippen molar-refractivity contribution in [2.24, 2.45) is 16.3 Å². The minimum atomic E-state index is 0. The Balaban J connectivity index is 0.00000264. The Labute approximate surface area is 157 Å². The van der Waals surface area contributed by atoms with E-state index >= 15 is 0 Å². The standard InChI is InChI=1S/C17H31N5.HI/c1-14(2)10-17(6-5-7-17)13-20-16(18-4)19-8-9-22-12-15(3)11-21-22;/h11-12,14H,5-10,13H2,1-4H3,(H2,18,19,20);1H. The van der Waals surface area contributed by atoms with Crippen LogP contribution in [-0.2, 0) is 6.54 Å². The average Bonchev–Trinajstić information content (AvgIpc) is 2.84. The first-order chi connectivity index (χ1) is 10.5. The van der Waals surface area contributed by atoms with Gasteiger partial charge >= 0.3 is 0 Å². The first-order valence-corrected chi connectivity index (χ1v) is 8.47. The fourth-order valence-electron chi connectivity index (χ4n) is 3.37. The smallest absolute Gasteiger partial charge is 0.191 e. The number of aryl methyl sites for hydroxylation is 1. The molecule has 0 aliphatic heterocycles. The van der Waals surface area contributed by atoms with Crippen molar-refractivity contribution in [1.82, 2.24) is 20.4 Å². The number of halogens is 1. The zero-order valence-corrected chi connectivity index (χ0v) is 17.3. The molecule has 2 rings (SSSR count). The summed E-state index contributed by atoms with van der Waals surface area (Å²) in [5.74, 6) is 1.67. The highest BCUT2D eigenvalue weighted by atomic mass is 127. The van der Waals surface area contributed by atoms with Crippen LogP contribution in [0.3, 0.4) is 0 Å². The molecule has 132 valence electrons. The van der Waals surface area contributed by atoms with Crippen LogP contribution in [0.1, 0.15) is 45.1 Å². The van der Waals surface area contributed by atoms with Gasteiger partial charge in [-0.3, -0.25) is 9.67 Å². The van der Waals surface area contributed by atoms with E-state index < -0.39 is 0 Å². The Morgan fingerprint density at radius 1 is 1.39 bits per heavy atom. The highest BCUT2D eigenvalue weighted by molar-refractivity contribution is 14.0. The average molecular weight is 433 g/mol. The first kappa shape index (κ1) is 20.3. The number of aromatic nitrogens is 2. The summed E-state index contributed by atoms with van der Waals surface area (Å²) in [6, 6.07) is 0. The van der Waals surface area contributed by atoms with Crippen LogP contribution in [0, 0.1) is 18.3 Å². The van der Waals surface area contributed by atoms with Crippen molar-refractivity contribution >= 4 is 29.9 Å². The van der Waals surface area contributed by atoms with Crippen molar-refractivity contribution in [2.45, 2.75) is 53.0 Å². The number of hydrogen-bond donors (Lipinski definition) is 2. The lowest BCUT2D eigenvalue weighted by atomic mass is 9.64. The largest absolute Gasteiger partial charge is 0.356 e. The molecule has 1 aliphatic carbocycles. The quantitative estimate of drug-likeness (QED) is 0.395. The lowest BCUT2D eigenvalue weighted by Gasteiger charge is -2.43. The van der Waals surface area contributed by atoms with Crippen molar-refractivity contribution in [3.8, 4) is 0 Å². The fraction of sp³-hybridized carbons (Fsp3) is 0.765. The molecule has 1 aromatic heterocycles. The van der Waals surface area contributed by atoms with Crippen molar-refractivity contribution in [3.05, 3.63) is 18.0 Å². The molecule has 0 amide bonds. The Morgan fingerprint density at radius 3 is 2.61 bits per heavy atom. The second-order valence-corrected chi connectivity index (χ2v) is 7.08. The lowest BCUT2D eigenvalue weighted by molar-refractivity contribution is 0.104. The minimum Gasteiger partial charge on any atom is -0.356 e. The molecule has 0 unspecified atom stereocenters. The maximum Gasteiger partial charge on any atom is 0.191 e. The molecular formula is C17H32IN5. The molecule has 23 heavy (non-hydrogen) atoms. The fourth-order valence-corrected chi connectivity index (χ4v) is 3.37. The Hall–Kier alpha value is -0.790. The van der Waals surface area contributed by atoms with Gasteiger partial charge in [0, 0.05) is 26.3 Å². The predicted octanol–water partition coefficient (Wildman–Crippen LogP) is 3.19. The van der Waals surface area contributed by atoms with Gasteiger partial charge in [-0.25, -0.2) is 0 Å². The van der Waals surface area contributed by atoms with Gasteiger partial charge in [0.05, 0.1) is 12.7 Å². The summed E-state index contributed by atoms with van der Waals surface area (Å²) in [6.07, 6.45) is 9.33. The molecule has 1 aliphatic rings. The maximum absolute atomic E-state index is 4.33. The third kappa shape index (κ3) is 6.31. The third-order valence-corrected chi connectivity index (χ3v) is 4.51. The van der Waals surface area contributed by atoms with E-state index in [0.29, 0.717) is 5.41 Å². The van der Waals surface area contributed by atoms with Gasteiger partial charge in [-0.2, -0.15) is 5.10 Å². The SMILES string of the molecule is CN=C(NCCn1cc(C)cn1)NCC1(CC(C)C)CCC1.I. The predicted molar refractivity (Wildman–Crippen MR) is 107 cm³/mol. The van der Waals surface area contributed by atoms with Crippen LogP contribution in [0.25, 0.3) is 0 Å². The van der Waals surface area contributed by atoms with Crippen molar-refractivity contribution in [1.29, 1.82) is 0 Å². The number of rotatable bonds is 7. The molecule has 2 N–H and O–H groups in total. The number of guanidine groups is 1. The Bertz CT molecular complexity index is 491. The van der Waals surface area contributed by atoms with E-state index in [0.717, 1.165) is 31.5 Å². The van der Waals surface area contributed by atoms with Gasteiger partial charge in [0.25, 0.3) is 0 Å². The monoisotopic (exact) mass is 433 g/mol. The number of hydrogen-bond acceptors (Lipinski definition) is 2. The van der Waals surface area contributed by atoms with Gasteiger partial charge in [0.15, 0.2) is 5.96 Å². The number of nitrogens with zero attached hydrogens (tertiary/aromatic N) is 3. The first-order valence-electron chi connectivity index (χ1n) is 8.47. The third-order valence-electron chi connectivity index (χ3n) is 4.51. The summed E-state index contributed by atoms with van der Waals surface area (Å²) in [5.41, 5.74) is 1.69. The van der Waals surface area contributed by atoms with Crippen molar-refractivity contribution in [3.63, 3.8) is 0 Å². The summed E-state index contributed by atoms with van der Waals surface area (Å²) in [5, 5.41) is 11.2. The summed E-state index contributed by atoms with van der Waals surface area (Å²) in [6.45, 7) is 9.41. The van der Waals surface area contributed by atoms with Crippen molar-refractivity contribution < 1.29 is 0 Å². The Kier molecular flexibility index (Phi) is 8.36. The summed E-state index contributed by atoms with van der Waals surface area (Å²) >= 11 is 0. The van der Waals surface area contributed by atoms with Crippen LogP contribution in [0.5, 0.6) is 0 Å². The van der Waals surface area contributed by atoms with Crippen LogP contribution < -0.4 is 10.6 Å². The highest BCUT2D eigenvalue weighted by Crippen LogP contribution is 2.45. The maximum atomic E-state index is 4.33. The van der Waals surface area contributed by atoms with Gasteiger partial charge in [-0.05, 0) is 43.1 Å². The zero-order valence-electron chi connectivity index (χ0n) is 14.9. The lowest BCUT2D eigenvalue weighted by Crippen LogP contribution is -2.47. The molecule has 0 aromatic carbocycles.